The van der Waals surface area contributed by atoms with Crippen molar-refractivity contribution in [1.82, 2.24) is 19.9 Å². The van der Waals surface area contributed by atoms with Crippen molar-refractivity contribution in [3.05, 3.63) is 66.5 Å². The molecule has 6 nitrogen and oxygen atoms in total. The summed E-state index contributed by atoms with van der Waals surface area (Å²) in [6.07, 6.45) is 1.62. The lowest BCUT2D eigenvalue weighted by Crippen LogP contribution is -2.04. The van der Waals surface area contributed by atoms with Gasteiger partial charge in [-0.1, -0.05) is 42.5 Å². The number of hydrogen-bond donors (Lipinski definition) is 3. The standard InChI is InChI=1S/C18H16N6/c19-14-8-4-7-13(9-14)16-23-17(15-18(24-16)22-11-21-15)20-10-12-5-2-1-3-6-12/h1-9,11H,10,19H2,(H2,20,21,22,23,24). The molecule has 4 aromatic rings. The molecule has 0 amide bonds. The second-order valence-electron chi connectivity index (χ2n) is 5.46. The van der Waals surface area contributed by atoms with Gasteiger partial charge in [0.05, 0.1) is 6.33 Å². The van der Waals surface area contributed by atoms with Gasteiger partial charge in [0.2, 0.25) is 0 Å². The van der Waals surface area contributed by atoms with E-state index in [0.29, 0.717) is 23.7 Å². The third-order valence-electron chi connectivity index (χ3n) is 3.73. The van der Waals surface area contributed by atoms with Crippen molar-refractivity contribution < 1.29 is 0 Å². The van der Waals surface area contributed by atoms with Crippen LogP contribution in [0.1, 0.15) is 5.56 Å². The van der Waals surface area contributed by atoms with Crippen molar-refractivity contribution in [2.24, 2.45) is 0 Å². The SMILES string of the molecule is Nc1cccc(-c2nc(NCc3ccccc3)c3[nH]cnc3n2)c1. The molecule has 4 N–H and O–H groups in total. The number of fused-ring (bicyclic) bond motifs is 1. The van der Waals surface area contributed by atoms with E-state index in [4.69, 9.17) is 5.73 Å². The number of rotatable bonds is 4. The minimum Gasteiger partial charge on any atom is -0.399 e. The number of benzene rings is 2. The lowest BCUT2D eigenvalue weighted by molar-refractivity contribution is 1.10. The van der Waals surface area contributed by atoms with Crippen LogP contribution in [0.2, 0.25) is 0 Å². The van der Waals surface area contributed by atoms with Crippen molar-refractivity contribution in [2.75, 3.05) is 11.1 Å². The largest absolute Gasteiger partial charge is 0.399 e. The smallest absolute Gasteiger partial charge is 0.183 e. The Morgan fingerprint density at radius 3 is 2.71 bits per heavy atom. The van der Waals surface area contributed by atoms with Crippen molar-refractivity contribution in [1.29, 1.82) is 0 Å². The van der Waals surface area contributed by atoms with Gasteiger partial charge in [-0.2, -0.15) is 0 Å². The van der Waals surface area contributed by atoms with Crippen molar-refractivity contribution in [3.63, 3.8) is 0 Å². The highest BCUT2D eigenvalue weighted by Gasteiger charge is 2.11. The highest BCUT2D eigenvalue weighted by atomic mass is 15.1. The number of aromatic nitrogens is 4. The van der Waals surface area contributed by atoms with Gasteiger partial charge in [0.15, 0.2) is 17.3 Å². The summed E-state index contributed by atoms with van der Waals surface area (Å²) in [7, 11) is 0. The molecule has 6 heteroatoms. The van der Waals surface area contributed by atoms with Gasteiger partial charge in [-0.3, -0.25) is 0 Å². The van der Waals surface area contributed by atoms with Gasteiger partial charge in [-0.15, -0.1) is 0 Å². The highest BCUT2D eigenvalue weighted by Crippen LogP contribution is 2.24. The van der Waals surface area contributed by atoms with Gasteiger partial charge in [-0.05, 0) is 17.7 Å². The maximum absolute atomic E-state index is 5.87. The first kappa shape index (κ1) is 14.2. The highest BCUT2D eigenvalue weighted by molar-refractivity contribution is 5.84. The van der Waals surface area contributed by atoms with Gasteiger partial charge in [0.25, 0.3) is 0 Å². The molecular weight excluding hydrogens is 300 g/mol. The maximum atomic E-state index is 5.87. The first-order valence-corrected chi connectivity index (χ1v) is 7.64. The predicted octanol–water partition coefficient (Wildman–Crippen LogP) is 3.21. The van der Waals surface area contributed by atoms with E-state index in [1.54, 1.807) is 6.33 Å². The van der Waals surface area contributed by atoms with Gasteiger partial charge in [0.1, 0.15) is 5.52 Å². The number of imidazole rings is 1. The number of nitrogen functional groups attached to an aromatic ring is 1. The molecule has 0 spiro atoms. The fourth-order valence-corrected chi connectivity index (χ4v) is 2.55. The lowest BCUT2D eigenvalue weighted by Gasteiger charge is -2.09. The molecule has 2 heterocycles. The Balaban J connectivity index is 1.72. The van der Waals surface area contributed by atoms with E-state index < -0.39 is 0 Å². The van der Waals surface area contributed by atoms with Crippen LogP contribution in [-0.2, 0) is 6.54 Å². The van der Waals surface area contributed by atoms with Crippen LogP contribution in [0.5, 0.6) is 0 Å². The quantitative estimate of drug-likeness (QED) is 0.503. The normalized spacial score (nSPS) is 10.8. The minimum absolute atomic E-state index is 0.595. The van der Waals surface area contributed by atoms with Crippen LogP contribution in [0, 0.1) is 0 Å². The van der Waals surface area contributed by atoms with E-state index >= 15 is 0 Å². The molecule has 118 valence electrons. The van der Waals surface area contributed by atoms with Crippen molar-refractivity contribution in [3.8, 4) is 11.4 Å². The fourth-order valence-electron chi connectivity index (χ4n) is 2.55. The second-order valence-corrected chi connectivity index (χ2v) is 5.46. The molecule has 0 fully saturated rings. The molecule has 2 aromatic heterocycles. The van der Waals surface area contributed by atoms with Crippen molar-refractivity contribution >= 4 is 22.7 Å². The summed E-state index contributed by atoms with van der Waals surface area (Å²) in [4.78, 5) is 16.5. The van der Waals surface area contributed by atoms with Gasteiger partial charge < -0.3 is 16.0 Å². The average molecular weight is 316 g/mol. The van der Waals surface area contributed by atoms with E-state index in [9.17, 15) is 0 Å². The topological polar surface area (TPSA) is 92.5 Å². The Kier molecular flexibility index (Phi) is 3.55. The van der Waals surface area contributed by atoms with Crippen LogP contribution < -0.4 is 11.1 Å². The van der Waals surface area contributed by atoms with Crippen molar-refractivity contribution in [2.45, 2.75) is 6.54 Å². The molecule has 0 aliphatic carbocycles. The first-order valence-electron chi connectivity index (χ1n) is 7.64. The van der Waals surface area contributed by atoms with E-state index in [1.807, 2.05) is 42.5 Å². The van der Waals surface area contributed by atoms with Crippen LogP contribution in [-0.4, -0.2) is 19.9 Å². The van der Waals surface area contributed by atoms with E-state index in [-0.39, 0.29) is 0 Å². The predicted molar refractivity (Wildman–Crippen MR) is 95.3 cm³/mol. The monoisotopic (exact) mass is 316 g/mol. The summed E-state index contributed by atoms with van der Waals surface area (Å²) in [6, 6.07) is 17.7. The molecular formula is C18H16N6. The van der Waals surface area contributed by atoms with Gasteiger partial charge in [-0.25, -0.2) is 15.0 Å². The van der Waals surface area contributed by atoms with Crippen LogP contribution in [0.15, 0.2) is 60.9 Å². The summed E-state index contributed by atoms with van der Waals surface area (Å²) in [5.74, 6) is 1.32. The zero-order chi connectivity index (χ0) is 16.4. The number of anilines is 2. The van der Waals surface area contributed by atoms with Gasteiger partial charge >= 0.3 is 0 Å². The lowest BCUT2D eigenvalue weighted by atomic mass is 10.2. The Morgan fingerprint density at radius 2 is 1.88 bits per heavy atom. The van der Waals surface area contributed by atoms with E-state index in [1.165, 1.54) is 5.56 Å². The number of nitrogens with two attached hydrogens (primary N) is 1. The number of hydrogen-bond acceptors (Lipinski definition) is 5. The Bertz CT molecular complexity index is 977. The third kappa shape index (κ3) is 2.77. The molecule has 24 heavy (non-hydrogen) atoms. The fraction of sp³-hybridized carbons (Fsp3) is 0.0556. The van der Waals surface area contributed by atoms with Crippen LogP contribution in [0.3, 0.4) is 0 Å². The molecule has 0 saturated heterocycles. The molecule has 0 bridgehead atoms. The number of nitrogens with zero attached hydrogens (tertiary/aromatic N) is 3. The average Bonchev–Trinajstić information content (AvgIpc) is 3.09. The molecule has 2 aromatic carbocycles. The maximum Gasteiger partial charge on any atom is 0.183 e. The Labute approximate surface area is 138 Å². The molecule has 0 unspecified atom stereocenters. The van der Waals surface area contributed by atoms with Crippen LogP contribution in [0.25, 0.3) is 22.6 Å². The number of H-pyrrole nitrogens is 1. The van der Waals surface area contributed by atoms with E-state index in [2.05, 4.69) is 37.4 Å². The van der Waals surface area contributed by atoms with Crippen LogP contribution in [0.4, 0.5) is 11.5 Å². The Hall–Kier alpha value is -3.41. The summed E-state index contributed by atoms with van der Waals surface area (Å²) in [6.45, 7) is 0.669. The second kappa shape index (κ2) is 6.00. The minimum atomic E-state index is 0.595. The van der Waals surface area contributed by atoms with Crippen LogP contribution >= 0.6 is 0 Å². The molecule has 0 saturated carbocycles. The molecule has 0 aliphatic rings. The Morgan fingerprint density at radius 1 is 1.00 bits per heavy atom. The van der Waals surface area contributed by atoms with Gasteiger partial charge in [0, 0.05) is 17.8 Å². The zero-order valence-corrected chi connectivity index (χ0v) is 12.9. The summed E-state index contributed by atoms with van der Waals surface area (Å²) < 4.78 is 0. The molecule has 0 radical (unpaired) electrons. The zero-order valence-electron chi connectivity index (χ0n) is 12.9. The summed E-state index contributed by atoms with van der Waals surface area (Å²) in [5, 5.41) is 3.36. The summed E-state index contributed by atoms with van der Waals surface area (Å²) >= 11 is 0. The van der Waals surface area contributed by atoms with E-state index in [0.717, 1.165) is 16.9 Å². The molecule has 0 atom stereocenters. The number of nitrogens with one attached hydrogen (secondary N) is 2. The summed E-state index contributed by atoms with van der Waals surface area (Å²) in [5.41, 5.74) is 10.00. The first-order chi connectivity index (χ1) is 11.8. The molecule has 0 aliphatic heterocycles. The number of aromatic amines is 1. The third-order valence-corrected chi connectivity index (χ3v) is 3.73. The molecule has 4 rings (SSSR count).